The summed E-state index contributed by atoms with van der Waals surface area (Å²) in [5.74, 6) is 1.03. The van der Waals surface area contributed by atoms with Gasteiger partial charge in [0.15, 0.2) is 0 Å². The summed E-state index contributed by atoms with van der Waals surface area (Å²) in [4.78, 5) is 12.4. The number of nitrogens with zero attached hydrogens (tertiary/aromatic N) is 2. The topological polar surface area (TPSA) is 32.8 Å². The first-order chi connectivity index (χ1) is 11.1. The van der Waals surface area contributed by atoms with Crippen LogP contribution in [0.3, 0.4) is 0 Å². The molecule has 1 amide bonds. The average Bonchev–Trinajstić information content (AvgIpc) is 3.07. The van der Waals surface area contributed by atoms with Crippen molar-refractivity contribution in [3.8, 4) is 5.75 Å². The lowest BCUT2D eigenvalue weighted by molar-refractivity contribution is -0.117. The molecule has 2 aromatic carbocycles. The number of methoxy groups -OCH3 is 1. The highest BCUT2D eigenvalue weighted by Crippen LogP contribution is 2.47. The molecular formula is C19H20N2O2. The van der Waals surface area contributed by atoms with E-state index in [9.17, 15) is 4.79 Å². The van der Waals surface area contributed by atoms with Gasteiger partial charge in [0, 0.05) is 18.5 Å². The molecule has 2 aliphatic heterocycles. The van der Waals surface area contributed by atoms with Crippen molar-refractivity contribution in [2.75, 3.05) is 18.7 Å². The second kappa shape index (κ2) is 5.10. The lowest BCUT2D eigenvalue weighted by Crippen LogP contribution is -2.35. The fourth-order valence-corrected chi connectivity index (χ4v) is 3.60. The monoisotopic (exact) mass is 308 g/mol. The number of carbonyl (C=O) groups excluding carboxylic acids is 1. The van der Waals surface area contributed by atoms with Gasteiger partial charge in [-0.1, -0.05) is 18.2 Å². The van der Waals surface area contributed by atoms with Gasteiger partial charge < -0.3 is 4.74 Å². The van der Waals surface area contributed by atoms with E-state index in [-0.39, 0.29) is 11.9 Å². The minimum atomic E-state index is 0.0988. The summed E-state index contributed by atoms with van der Waals surface area (Å²) in [5, 5.41) is 4.06. The van der Waals surface area contributed by atoms with E-state index >= 15 is 0 Å². The minimum Gasteiger partial charge on any atom is -0.497 e. The van der Waals surface area contributed by atoms with Gasteiger partial charge in [0.1, 0.15) is 5.75 Å². The molecule has 23 heavy (non-hydrogen) atoms. The number of hydrazine groups is 1. The van der Waals surface area contributed by atoms with E-state index in [0.717, 1.165) is 18.0 Å². The number of ether oxygens (including phenoxy) is 1. The lowest BCUT2D eigenvalue weighted by atomic mass is 9.94. The smallest absolute Gasteiger partial charge is 0.242 e. The van der Waals surface area contributed by atoms with Crippen LogP contribution in [0.15, 0.2) is 36.4 Å². The van der Waals surface area contributed by atoms with Crippen molar-refractivity contribution in [1.82, 2.24) is 5.01 Å². The molecule has 1 saturated heterocycles. The molecule has 4 heteroatoms. The molecule has 2 aliphatic rings. The Kier molecular flexibility index (Phi) is 3.16. The zero-order valence-electron chi connectivity index (χ0n) is 13.7. The molecule has 0 aromatic heterocycles. The van der Waals surface area contributed by atoms with Gasteiger partial charge in [-0.2, -0.15) is 0 Å². The Morgan fingerprint density at radius 1 is 1.09 bits per heavy atom. The SMILES string of the molecule is COc1ccc(C2c3cc(C)c(C)cc3N3C(=O)CCN23)cc1. The largest absolute Gasteiger partial charge is 0.497 e. The van der Waals surface area contributed by atoms with E-state index in [1.165, 1.54) is 22.3 Å². The Morgan fingerprint density at radius 2 is 1.78 bits per heavy atom. The summed E-state index contributed by atoms with van der Waals surface area (Å²) in [6.07, 6.45) is 0.582. The zero-order valence-corrected chi connectivity index (χ0v) is 13.7. The molecule has 1 unspecified atom stereocenters. The number of hydrogen-bond donors (Lipinski definition) is 0. The molecular weight excluding hydrogens is 288 g/mol. The number of carbonyl (C=O) groups is 1. The van der Waals surface area contributed by atoms with Gasteiger partial charge in [-0.3, -0.25) is 4.79 Å². The van der Waals surface area contributed by atoms with E-state index in [2.05, 4.69) is 43.1 Å². The van der Waals surface area contributed by atoms with E-state index in [4.69, 9.17) is 4.74 Å². The first-order valence-electron chi connectivity index (χ1n) is 7.95. The van der Waals surface area contributed by atoms with Crippen LogP contribution in [-0.2, 0) is 4.79 Å². The summed E-state index contributed by atoms with van der Waals surface area (Å²) in [6.45, 7) is 4.99. The van der Waals surface area contributed by atoms with E-state index in [1.54, 1.807) is 7.11 Å². The summed E-state index contributed by atoms with van der Waals surface area (Å²) in [5.41, 5.74) is 5.92. The molecule has 118 valence electrons. The van der Waals surface area contributed by atoms with Crippen molar-refractivity contribution in [3.05, 3.63) is 58.7 Å². The maximum Gasteiger partial charge on any atom is 0.242 e. The number of hydrogen-bond acceptors (Lipinski definition) is 3. The number of aryl methyl sites for hydroxylation is 2. The molecule has 0 radical (unpaired) electrons. The quantitative estimate of drug-likeness (QED) is 0.853. The third-order valence-corrected chi connectivity index (χ3v) is 4.94. The van der Waals surface area contributed by atoms with Crippen LogP contribution in [0.25, 0.3) is 0 Å². The average molecular weight is 308 g/mol. The van der Waals surface area contributed by atoms with Crippen molar-refractivity contribution < 1.29 is 9.53 Å². The number of fused-ring (bicyclic) bond motifs is 3. The molecule has 0 spiro atoms. The standard InChI is InChI=1S/C19H20N2O2/c1-12-10-16-17(11-13(12)2)21-18(22)8-9-20(21)19(16)14-4-6-15(23-3)7-5-14/h4-7,10-11,19H,8-9H2,1-3H3. The van der Waals surface area contributed by atoms with Gasteiger partial charge in [-0.05, 0) is 48.7 Å². The fraction of sp³-hybridized carbons (Fsp3) is 0.316. The van der Waals surface area contributed by atoms with Crippen LogP contribution in [0.2, 0.25) is 0 Å². The Bertz CT molecular complexity index is 783. The highest BCUT2D eigenvalue weighted by Gasteiger charge is 2.44. The predicted molar refractivity (Wildman–Crippen MR) is 89.6 cm³/mol. The predicted octanol–water partition coefficient (Wildman–Crippen LogP) is 3.37. The summed E-state index contributed by atoms with van der Waals surface area (Å²) in [7, 11) is 1.67. The lowest BCUT2D eigenvalue weighted by Gasteiger charge is -2.25. The van der Waals surface area contributed by atoms with Gasteiger partial charge in [-0.15, -0.1) is 0 Å². The highest BCUT2D eigenvalue weighted by molar-refractivity contribution is 5.97. The summed E-state index contributed by atoms with van der Waals surface area (Å²) in [6, 6.07) is 12.6. The fourth-order valence-electron chi connectivity index (χ4n) is 3.60. The van der Waals surface area contributed by atoms with Crippen LogP contribution in [0.5, 0.6) is 5.75 Å². The van der Waals surface area contributed by atoms with Gasteiger partial charge in [0.2, 0.25) is 5.91 Å². The number of benzene rings is 2. The highest BCUT2D eigenvalue weighted by atomic mass is 16.5. The molecule has 1 fully saturated rings. The van der Waals surface area contributed by atoms with E-state index in [0.29, 0.717) is 6.42 Å². The molecule has 0 bridgehead atoms. The Morgan fingerprint density at radius 3 is 2.48 bits per heavy atom. The normalized spacial score (nSPS) is 19.9. The van der Waals surface area contributed by atoms with Crippen molar-refractivity contribution in [2.24, 2.45) is 0 Å². The van der Waals surface area contributed by atoms with Crippen LogP contribution in [0, 0.1) is 13.8 Å². The number of amides is 1. The number of rotatable bonds is 2. The van der Waals surface area contributed by atoms with Crippen molar-refractivity contribution in [1.29, 1.82) is 0 Å². The summed E-state index contributed by atoms with van der Waals surface area (Å²) < 4.78 is 5.26. The third-order valence-electron chi connectivity index (χ3n) is 4.94. The van der Waals surface area contributed by atoms with Crippen molar-refractivity contribution >= 4 is 11.6 Å². The Labute approximate surface area is 136 Å². The minimum absolute atomic E-state index is 0.0988. The second-order valence-corrected chi connectivity index (χ2v) is 6.29. The maximum absolute atomic E-state index is 12.4. The van der Waals surface area contributed by atoms with Gasteiger partial charge in [0.25, 0.3) is 0 Å². The van der Waals surface area contributed by atoms with Crippen LogP contribution in [0.1, 0.15) is 34.7 Å². The van der Waals surface area contributed by atoms with Gasteiger partial charge in [0.05, 0.1) is 18.8 Å². The molecule has 2 heterocycles. The van der Waals surface area contributed by atoms with Crippen LogP contribution < -0.4 is 9.75 Å². The molecule has 0 saturated carbocycles. The second-order valence-electron chi connectivity index (χ2n) is 6.29. The van der Waals surface area contributed by atoms with Crippen molar-refractivity contribution in [3.63, 3.8) is 0 Å². The molecule has 4 nitrogen and oxygen atoms in total. The Hall–Kier alpha value is -2.33. The molecule has 0 N–H and O–H groups in total. The van der Waals surface area contributed by atoms with Crippen LogP contribution in [-0.4, -0.2) is 24.6 Å². The Balaban J connectivity index is 1.86. The first-order valence-corrected chi connectivity index (χ1v) is 7.95. The first kappa shape index (κ1) is 14.3. The van der Waals surface area contributed by atoms with Gasteiger partial charge >= 0.3 is 0 Å². The number of anilines is 1. The summed E-state index contributed by atoms with van der Waals surface area (Å²) >= 11 is 0. The van der Waals surface area contributed by atoms with Crippen molar-refractivity contribution in [2.45, 2.75) is 26.3 Å². The molecule has 2 aromatic rings. The molecule has 0 aliphatic carbocycles. The van der Waals surface area contributed by atoms with Gasteiger partial charge in [-0.25, -0.2) is 10.0 Å². The van der Waals surface area contributed by atoms with Crippen LogP contribution >= 0.6 is 0 Å². The molecule has 1 atom stereocenters. The molecule has 4 rings (SSSR count). The van der Waals surface area contributed by atoms with Crippen LogP contribution in [0.4, 0.5) is 5.69 Å². The van der Waals surface area contributed by atoms with E-state index < -0.39 is 0 Å². The zero-order chi connectivity index (χ0) is 16.1. The van der Waals surface area contributed by atoms with E-state index in [1.807, 2.05) is 17.1 Å². The third kappa shape index (κ3) is 2.05. The maximum atomic E-state index is 12.4.